The van der Waals surface area contributed by atoms with Crippen molar-refractivity contribution in [3.63, 3.8) is 0 Å². The van der Waals surface area contributed by atoms with Gasteiger partial charge in [0.2, 0.25) is 0 Å². The molecule has 1 aromatic carbocycles. The molecule has 0 radical (unpaired) electrons. The highest BCUT2D eigenvalue weighted by Gasteiger charge is 2.33. The van der Waals surface area contributed by atoms with Crippen molar-refractivity contribution in [3.05, 3.63) is 46.6 Å². The van der Waals surface area contributed by atoms with Crippen molar-refractivity contribution in [2.24, 2.45) is 5.92 Å². The maximum Gasteiger partial charge on any atom is 0.272 e. The molecule has 6 heteroatoms. The predicted molar refractivity (Wildman–Crippen MR) is 115 cm³/mol. The molecule has 3 aromatic rings. The minimum absolute atomic E-state index is 0.114. The molecule has 0 spiro atoms. The van der Waals surface area contributed by atoms with Crippen molar-refractivity contribution >= 4 is 22.2 Å². The standard InChI is InChI=1S/C22H28N4OS/c1-14(2)19-12-24(5)8-9-25(19)21(27)20-13-28-22-23-18(11-26(20)22)17-10-15(3)6-7-16(17)4/h6-7,10-11,13-14,19H,8-9,12H2,1-5H3/t19-/m1/s1. The monoisotopic (exact) mass is 396 g/mol. The first kappa shape index (κ1) is 19.2. The lowest BCUT2D eigenvalue weighted by Gasteiger charge is -2.42. The van der Waals surface area contributed by atoms with Gasteiger partial charge in [-0.15, -0.1) is 11.3 Å². The Morgan fingerprint density at radius 1 is 1.25 bits per heavy atom. The number of rotatable bonds is 3. The van der Waals surface area contributed by atoms with E-state index in [1.54, 1.807) is 0 Å². The zero-order valence-corrected chi connectivity index (χ0v) is 18.1. The molecule has 0 bridgehead atoms. The molecule has 1 aliphatic heterocycles. The smallest absolute Gasteiger partial charge is 0.272 e. The van der Waals surface area contributed by atoms with Crippen molar-refractivity contribution < 1.29 is 4.79 Å². The first-order valence-corrected chi connectivity index (χ1v) is 10.8. The van der Waals surface area contributed by atoms with Gasteiger partial charge in [-0.1, -0.05) is 31.5 Å². The minimum atomic E-state index is 0.114. The fraction of sp³-hybridized carbons (Fsp3) is 0.455. The van der Waals surface area contributed by atoms with Gasteiger partial charge in [0.25, 0.3) is 5.91 Å². The average Bonchev–Trinajstić information content (AvgIpc) is 3.23. The molecule has 28 heavy (non-hydrogen) atoms. The highest BCUT2D eigenvalue weighted by Crippen LogP contribution is 2.28. The predicted octanol–water partition coefficient (Wildman–Crippen LogP) is 4.09. The zero-order valence-electron chi connectivity index (χ0n) is 17.3. The molecular weight excluding hydrogens is 368 g/mol. The van der Waals surface area contributed by atoms with E-state index in [0.29, 0.717) is 5.92 Å². The highest BCUT2D eigenvalue weighted by atomic mass is 32.1. The molecule has 4 rings (SSSR count). The molecule has 2 aromatic heterocycles. The lowest BCUT2D eigenvalue weighted by atomic mass is 9.99. The zero-order chi connectivity index (χ0) is 20.0. The van der Waals surface area contributed by atoms with Crippen LogP contribution in [-0.2, 0) is 0 Å². The molecular formula is C22H28N4OS. The van der Waals surface area contributed by atoms with Crippen LogP contribution in [0.4, 0.5) is 0 Å². The van der Waals surface area contributed by atoms with Crippen LogP contribution >= 0.6 is 11.3 Å². The quantitative estimate of drug-likeness (QED) is 0.669. The fourth-order valence-corrected chi connectivity index (χ4v) is 4.85. The van der Waals surface area contributed by atoms with Gasteiger partial charge < -0.3 is 9.80 Å². The van der Waals surface area contributed by atoms with E-state index in [9.17, 15) is 4.79 Å². The summed E-state index contributed by atoms with van der Waals surface area (Å²) in [5.74, 6) is 0.539. The summed E-state index contributed by atoms with van der Waals surface area (Å²) in [7, 11) is 2.13. The van der Waals surface area contributed by atoms with Crippen LogP contribution in [0.3, 0.4) is 0 Å². The van der Waals surface area contributed by atoms with Crippen molar-refractivity contribution in [3.8, 4) is 11.3 Å². The molecule has 3 heterocycles. The summed E-state index contributed by atoms with van der Waals surface area (Å²) in [6.07, 6.45) is 2.02. The van der Waals surface area contributed by atoms with Crippen molar-refractivity contribution in [2.75, 3.05) is 26.7 Å². The number of fused-ring (bicyclic) bond motifs is 1. The average molecular weight is 397 g/mol. The van der Waals surface area contributed by atoms with Gasteiger partial charge in [0.15, 0.2) is 4.96 Å². The van der Waals surface area contributed by atoms with Crippen LogP contribution in [-0.4, -0.2) is 57.8 Å². The van der Waals surface area contributed by atoms with Crippen LogP contribution in [0.25, 0.3) is 16.2 Å². The topological polar surface area (TPSA) is 40.9 Å². The number of hydrogen-bond donors (Lipinski definition) is 0. The molecule has 1 aliphatic rings. The molecule has 0 N–H and O–H groups in total. The van der Waals surface area contributed by atoms with Crippen LogP contribution < -0.4 is 0 Å². The number of carbonyl (C=O) groups excluding carboxylic acids is 1. The summed E-state index contributed by atoms with van der Waals surface area (Å²) in [6.45, 7) is 11.2. The van der Waals surface area contributed by atoms with Gasteiger partial charge in [0, 0.05) is 42.8 Å². The summed E-state index contributed by atoms with van der Waals surface area (Å²) in [5.41, 5.74) is 5.20. The number of aryl methyl sites for hydroxylation is 2. The van der Waals surface area contributed by atoms with E-state index in [1.165, 1.54) is 22.5 Å². The Hall–Kier alpha value is -2.18. The number of aromatic nitrogens is 2. The first-order chi connectivity index (χ1) is 13.3. The van der Waals surface area contributed by atoms with Gasteiger partial charge in [0.1, 0.15) is 5.69 Å². The van der Waals surface area contributed by atoms with Gasteiger partial charge >= 0.3 is 0 Å². The number of nitrogens with zero attached hydrogens (tertiary/aromatic N) is 4. The molecule has 0 saturated carbocycles. The Bertz CT molecular complexity index is 1020. The lowest BCUT2D eigenvalue weighted by molar-refractivity contribution is 0.0396. The number of piperazine rings is 1. The summed E-state index contributed by atoms with van der Waals surface area (Å²) in [6, 6.07) is 6.65. The van der Waals surface area contributed by atoms with Crippen molar-refractivity contribution in [1.29, 1.82) is 0 Å². The molecule has 148 valence electrons. The third-order valence-corrected chi connectivity index (χ3v) is 6.59. The molecule has 1 amide bonds. The van der Waals surface area contributed by atoms with E-state index in [0.717, 1.165) is 41.5 Å². The largest absolute Gasteiger partial charge is 0.332 e. The maximum atomic E-state index is 13.4. The number of amides is 1. The van der Waals surface area contributed by atoms with Crippen LogP contribution in [0, 0.1) is 19.8 Å². The molecule has 5 nitrogen and oxygen atoms in total. The van der Waals surface area contributed by atoms with E-state index in [2.05, 4.69) is 62.7 Å². The van der Waals surface area contributed by atoms with Gasteiger partial charge in [-0.05, 0) is 38.4 Å². The van der Waals surface area contributed by atoms with Crippen molar-refractivity contribution in [1.82, 2.24) is 19.2 Å². The SMILES string of the molecule is Cc1ccc(C)c(-c2cn3c(C(=O)N4CCN(C)C[C@@H]4C(C)C)csc3n2)c1. The summed E-state index contributed by atoms with van der Waals surface area (Å²) in [4.78, 5) is 23.5. The molecule has 1 fully saturated rings. The fourth-order valence-electron chi connectivity index (χ4n) is 4.00. The summed E-state index contributed by atoms with van der Waals surface area (Å²) in [5, 5.41) is 1.95. The Balaban J connectivity index is 1.70. The van der Waals surface area contributed by atoms with Gasteiger partial charge in [-0.3, -0.25) is 9.20 Å². The Morgan fingerprint density at radius 2 is 2.04 bits per heavy atom. The number of carbonyl (C=O) groups is 1. The second kappa shape index (κ2) is 7.33. The summed E-state index contributed by atoms with van der Waals surface area (Å²) >= 11 is 1.54. The van der Waals surface area contributed by atoms with E-state index >= 15 is 0 Å². The number of likely N-dealkylation sites (N-methyl/N-ethyl adjacent to an activating group) is 1. The van der Waals surface area contributed by atoms with Crippen LogP contribution in [0.2, 0.25) is 0 Å². The van der Waals surface area contributed by atoms with E-state index in [4.69, 9.17) is 4.98 Å². The normalized spacial score (nSPS) is 18.4. The number of imidazole rings is 1. The van der Waals surface area contributed by atoms with Crippen molar-refractivity contribution in [2.45, 2.75) is 33.7 Å². The van der Waals surface area contributed by atoms with Gasteiger partial charge in [0.05, 0.1) is 5.69 Å². The molecule has 1 atom stereocenters. The van der Waals surface area contributed by atoms with Crippen LogP contribution in [0.1, 0.15) is 35.5 Å². The summed E-state index contributed by atoms with van der Waals surface area (Å²) < 4.78 is 1.97. The maximum absolute atomic E-state index is 13.4. The molecule has 0 unspecified atom stereocenters. The van der Waals surface area contributed by atoms with E-state index in [-0.39, 0.29) is 11.9 Å². The third-order valence-electron chi connectivity index (χ3n) is 5.75. The van der Waals surface area contributed by atoms with Gasteiger partial charge in [-0.2, -0.15) is 0 Å². The number of benzene rings is 1. The Morgan fingerprint density at radius 3 is 2.79 bits per heavy atom. The van der Waals surface area contributed by atoms with Crippen LogP contribution in [0.15, 0.2) is 29.8 Å². The third kappa shape index (κ3) is 3.35. The van der Waals surface area contributed by atoms with Gasteiger partial charge in [-0.25, -0.2) is 4.98 Å². The highest BCUT2D eigenvalue weighted by molar-refractivity contribution is 7.15. The molecule has 1 saturated heterocycles. The Labute approximate surface area is 170 Å². The first-order valence-electron chi connectivity index (χ1n) is 9.89. The Kier molecular flexibility index (Phi) is 5.02. The molecule has 0 aliphatic carbocycles. The number of hydrogen-bond acceptors (Lipinski definition) is 4. The number of thiazole rings is 1. The lowest BCUT2D eigenvalue weighted by Crippen LogP contribution is -2.56. The van der Waals surface area contributed by atoms with E-state index < -0.39 is 0 Å². The van der Waals surface area contributed by atoms with E-state index in [1.807, 2.05) is 16.0 Å². The second-order valence-electron chi connectivity index (χ2n) is 8.29. The second-order valence-corrected chi connectivity index (χ2v) is 9.13. The van der Waals surface area contributed by atoms with Crippen LogP contribution in [0.5, 0.6) is 0 Å². The minimum Gasteiger partial charge on any atom is -0.332 e.